The zero-order valence-corrected chi connectivity index (χ0v) is 23.6. The third-order valence-corrected chi connectivity index (χ3v) is 8.10. The highest BCUT2D eigenvalue weighted by molar-refractivity contribution is 7.86. The van der Waals surface area contributed by atoms with E-state index < -0.39 is 30.0 Å². The number of nitrogens with zero attached hydrogens (tertiary/aromatic N) is 2. The van der Waals surface area contributed by atoms with E-state index in [2.05, 4.69) is 21.0 Å². The summed E-state index contributed by atoms with van der Waals surface area (Å²) in [6, 6.07) is 5.36. The van der Waals surface area contributed by atoms with Crippen LogP contribution >= 0.6 is 23.2 Å². The first-order valence-electron chi connectivity index (χ1n) is 11.2. The van der Waals surface area contributed by atoms with Gasteiger partial charge in [-0.1, -0.05) is 23.2 Å². The lowest BCUT2D eigenvalue weighted by Gasteiger charge is -2.26. The second-order valence-corrected chi connectivity index (χ2v) is 11.5. The zero-order valence-electron chi connectivity index (χ0n) is 20.5. The molecule has 2 aliphatic heterocycles. The van der Waals surface area contributed by atoms with Gasteiger partial charge in [0, 0.05) is 6.54 Å². The highest BCUT2D eigenvalue weighted by Gasteiger charge is 2.34. The van der Waals surface area contributed by atoms with Crippen LogP contribution in [0.15, 0.2) is 43.5 Å². The quantitative estimate of drug-likeness (QED) is 0.0706. The fourth-order valence-corrected chi connectivity index (χ4v) is 5.98. The normalized spacial score (nSPS) is 13.2. The van der Waals surface area contributed by atoms with Crippen LogP contribution in [0, 0.1) is 0 Å². The molecule has 0 radical (unpaired) electrons. The van der Waals surface area contributed by atoms with Crippen molar-refractivity contribution in [1.82, 2.24) is 4.98 Å². The van der Waals surface area contributed by atoms with Gasteiger partial charge in [-0.3, -0.25) is 14.1 Å². The van der Waals surface area contributed by atoms with Crippen LogP contribution in [0.3, 0.4) is 0 Å². The summed E-state index contributed by atoms with van der Waals surface area (Å²) < 4.78 is 79.8. The Kier molecular flexibility index (Phi) is 8.17. The molecule has 0 bridgehead atoms. The van der Waals surface area contributed by atoms with E-state index in [0.29, 0.717) is 13.0 Å². The number of nitrogens with two attached hydrogens (primary N) is 3. The predicted octanol–water partition coefficient (Wildman–Crippen LogP) is 2.99. The van der Waals surface area contributed by atoms with Crippen molar-refractivity contribution in [3.8, 4) is 23.0 Å². The maximum atomic E-state index is 12.3. The molecule has 0 fully saturated rings. The van der Waals surface area contributed by atoms with Crippen molar-refractivity contribution in [1.29, 1.82) is 0 Å². The van der Waals surface area contributed by atoms with Gasteiger partial charge in [0.05, 0.1) is 16.7 Å². The summed E-state index contributed by atoms with van der Waals surface area (Å²) in [5.41, 5.74) is 15.3. The number of nitrogens with one attached hydrogen (secondary N) is 1. The lowest BCUT2D eigenvalue weighted by Crippen LogP contribution is -2.18. The molecule has 40 heavy (non-hydrogen) atoms. The number of rotatable bonds is 5. The summed E-state index contributed by atoms with van der Waals surface area (Å²) >= 11 is 13.2. The highest BCUT2D eigenvalue weighted by Crippen LogP contribution is 2.55. The second-order valence-electron chi connectivity index (χ2n) is 8.05. The van der Waals surface area contributed by atoms with Gasteiger partial charge in [-0.05, 0) is 44.3 Å². The molecule has 0 amide bonds. The summed E-state index contributed by atoms with van der Waals surface area (Å²) in [4.78, 5) is 7.24. The summed E-state index contributed by atoms with van der Waals surface area (Å²) in [6.45, 7) is 0.521. The van der Waals surface area contributed by atoms with Gasteiger partial charge < -0.3 is 31.7 Å². The molecule has 18 heteroatoms. The Hall–Kier alpha value is -3.22. The fourth-order valence-electron chi connectivity index (χ4n) is 3.93. The smallest absolute Gasteiger partial charge is 0.300 e. The molecule has 2 aromatic rings. The van der Waals surface area contributed by atoms with E-state index >= 15 is 0 Å². The summed E-state index contributed by atoms with van der Waals surface area (Å²) in [5.74, 6) is -0.810. The number of anilines is 3. The van der Waals surface area contributed by atoms with Gasteiger partial charge in [-0.15, -0.1) is 0 Å². The van der Waals surface area contributed by atoms with Crippen LogP contribution in [-0.4, -0.2) is 51.1 Å². The Bertz CT molecular complexity index is 1910. The van der Waals surface area contributed by atoms with Crippen LogP contribution in [-0.2, 0) is 20.2 Å². The van der Waals surface area contributed by atoms with E-state index in [-0.39, 0.29) is 73.1 Å². The van der Waals surface area contributed by atoms with E-state index in [1.54, 1.807) is 0 Å². The van der Waals surface area contributed by atoms with Gasteiger partial charge in [-0.25, -0.2) is 4.98 Å². The second kappa shape index (κ2) is 11.0. The van der Waals surface area contributed by atoms with Gasteiger partial charge >= 0.3 is 10.1 Å². The number of ether oxygens (including phenoxy) is 1. The molecule has 2 aromatic carbocycles. The minimum Gasteiger partial charge on any atom is -0.450 e. The minimum atomic E-state index is -4.84. The molecule has 1 aliphatic carbocycles. The Morgan fingerprint density at radius 2 is 1.68 bits per heavy atom. The van der Waals surface area contributed by atoms with Gasteiger partial charge in [0.15, 0.2) is 32.6 Å². The van der Waals surface area contributed by atoms with Gasteiger partial charge in [-0.2, -0.15) is 16.8 Å². The van der Waals surface area contributed by atoms with E-state index in [0.717, 1.165) is 0 Å². The first kappa shape index (κ1) is 29.8. The number of aromatic nitrogens is 1. The molecule has 0 spiro atoms. The average molecular weight is 633 g/mol. The highest BCUT2D eigenvalue weighted by atomic mass is 35.5. The van der Waals surface area contributed by atoms with Crippen molar-refractivity contribution < 1.29 is 35.1 Å². The van der Waals surface area contributed by atoms with Crippen LogP contribution in [0.25, 0.3) is 22.6 Å². The van der Waals surface area contributed by atoms with Crippen LogP contribution in [0.1, 0.15) is 6.42 Å². The lowest BCUT2D eigenvalue weighted by atomic mass is 10.1. The molecule has 5 rings (SSSR count). The Morgan fingerprint density at radius 1 is 1.00 bits per heavy atom. The van der Waals surface area contributed by atoms with Crippen molar-refractivity contribution in [3.63, 3.8) is 0 Å². The topological polar surface area (TPSA) is 246 Å². The van der Waals surface area contributed by atoms with Crippen molar-refractivity contribution in [2.24, 2.45) is 16.5 Å². The number of fused-ring (bicyclic) bond motifs is 4. The number of nitrogen functional groups attached to an aromatic ring is 1. The third-order valence-electron chi connectivity index (χ3n) is 5.54. The number of halogens is 2. The Balaban J connectivity index is 0.00000181. The van der Waals surface area contributed by atoms with Crippen LogP contribution < -0.4 is 32.6 Å². The lowest BCUT2D eigenvalue weighted by molar-refractivity contribution is 0.450. The van der Waals surface area contributed by atoms with E-state index in [9.17, 15) is 25.9 Å². The molecule has 0 saturated heterocycles. The standard InChI is InChI=1S/C21H17Cl2N5O8S2.CH5N/c22-12-15-19(36-17-10(28-15)4-5-11(26-7-1-6-24)21(17)38(32,33)34)13(23)14-18(12)35-16-9(27-14)3-2-8(25)20(16)37(29,30)31;1-2/h2-5,27H,1,6-7,24-25H2,(H,29,30,31)(H,32,33,34);2H2,1H3. The largest absolute Gasteiger partial charge is 0.450 e. The third kappa shape index (κ3) is 5.15. The van der Waals surface area contributed by atoms with Crippen LogP contribution in [0.4, 0.5) is 17.1 Å². The first-order valence-corrected chi connectivity index (χ1v) is 14.9. The first-order chi connectivity index (χ1) is 18.8. The summed E-state index contributed by atoms with van der Waals surface area (Å²) in [6.07, 6.45) is 0.474. The number of hydrogen-bond acceptors (Lipinski definition) is 12. The van der Waals surface area contributed by atoms with Crippen molar-refractivity contribution in [3.05, 3.63) is 39.7 Å². The molecular formula is C22H22Cl2N6O8S2. The monoisotopic (exact) mass is 632 g/mol. The molecule has 214 valence electrons. The zero-order chi connectivity index (χ0) is 29.6. The maximum absolute atomic E-state index is 12.3. The minimum absolute atomic E-state index is 0.0205. The fraction of sp³-hybridized carbons (Fsp3) is 0.182. The molecule has 0 saturated carbocycles. The molecule has 14 nitrogen and oxygen atoms in total. The summed E-state index contributed by atoms with van der Waals surface area (Å²) in [7, 11) is -8.14. The van der Waals surface area contributed by atoms with E-state index in [1.165, 1.54) is 31.3 Å². The Morgan fingerprint density at radius 3 is 2.30 bits per heavy atom. The molecule has 0 aromatic heterocycles. The van der Waals surface area contributed by atoms with Crippen molar-refractivity contribution in [2.75, 3.05) is 31.2 Å². The summed E-state index contributed by atoms with van der Waals surface area (Å²) in [5, 5.41) is 2.46. The molecule has 0 atom stereocenters. The maximum Gasteiger partial charge on any atom is 0.300 e. The number of hydrogen-bond donors (Lipinski definition) is 6. The number of benzene rings is 3. The van der Waals surface area contributed by atoms with Crippen LogP contribution in [0.2, 0.25) is 10.0 Å². The van der Waals surface area contributed by atoms with Crippen molar-refractivity contribution >= 4 is 71.6 Å². The van der Waals surface area contributed by atoms with Crippen molar-refractivity contribution in [2.45, 2.75) is 16.2 Å². The van der Waals surface area contributed by atoms with Gasteiger partial charge in [0.25, 0.3) is 10.1 Å². The van der Waals surface area contributed by atoms with Gasteiger partial charge in [0.2, 0.25) is 0 Å². The average Bonchev–Trinajstić information content (AvgIpc) is 2.89. The molecular weight excluding hydrogens is 611 g/mol. The molecule has 3 aliphatic rings. The molecule has 2 heterocycles. The van der Waals surface area contributed by atoms with E-state index in [4.69, 9.17) is 43.8 Å². The Labute approximate surface area is 237 Å². The molecule has 9 N–H and O–H groups in total. The molecule has 0 unspecified atom stereocenters. The van der Waals surface area contributed by atoms with Crippen LogP contribution in [0.5, 0.6) is 11.5 Å². The predicted molar refractivity (Wildman–Crippen MR) is 149 cm³/mol. The van der Waals surface area contributed by atoms with Gasteiger partial charge in [0.1, 0.15) is 26.9 Å². The van der Waals surface area contributed by atoms with E-state index in [1.807, 2.05) is 0 Å². The SMILES string of the molecule is CN.NCCCN=c1ccc2nc3c(Cl)c4c(c(Cl)c3oc-2c1S(=O)(=O)O)Nc1ccc(N)c(S(=O)(=O)O)c1O4.